The van der Waals surface area contributed by atoms with Gasteiger partial charge in [-0.15, -0.1) is 5.10 Å². The van der Waals surface area contributed by atoms with Crippen molar-refractivity contribution in [3.8, 4) is 0 Å². The summed E-state index contributed by atoms with van der Waals surface area (Å²) < 4.78 is 5.34. The molecule has 1 heterocycles. The van der Waals surface area contributed by atoms with Crippen molar-refractivity contribution < 1.29 is 14.6 Å². The van der Waals surface area contributed by atoms with Crippen LogP contribution in [0.2, 0.25) is 0 Å². The fraction of sp³-hybridized carbons (Fsp3) is 0.625. The van der Waals surface area contributed by atoms with Gasteiger partial charge in [0.1, 0.15) is 11.8 Å². The van der Waals surface area contributed by atoms with Crippen LogP contribution in [-0.2, 0) is 4.74 Å². The van der Waals surface area contributed by atoms with Gasteiger partial charge in [-0.1, -0.05) is 6.92 Å². The van der Waals surface area contributed by atoms with E-state index < -0.39 is 5.97 Å². The van der Waals surface area contributed by atoms with E-state index in [1.165, 1.54) is 0 Å². The van der Waals surface area contributed by atoms with Crippen LogP contribution < -0.4 is 0 Å². The number of rotatable bonds is 5. The van der Waals surface area contributed by atoms with E-state index in [0.29, 0.717) is 18.7 Å². The molecule has 0 aromatic carbocycles. The van der Waals surface area contributed by atoms with E-state index in [2.05, 4.69) is 15.4 Å². The molecule has 14 heavy (non-hydrogen) atoms. The predicted octanol–water partition coefficient (Wildman–Crippen LogP) is 0.990. The van der Waals surface area contributed by atoms with E-state index in [0.717, 1.165) is 0 Å². The third kappa shape index (κ3) is 2.08. The maximum absolute atomic E-state index is 10.7. The summed E-state index contributed by atoms with van der Waals surface area (Å²) in [5.41, 5.74) is 0.298. The van der Waals surface area contributed by atoms with Crippen LogP contribution in [0.5, 0.6) is 0 Å². The first-order chi connectivity index (χ1) is 6.70. The molecule has 0 radical (unpaired) electrons. The summed E-state index contributed by atoms with van der Waals surface area (Å²) in [5.74, 6) is -1.09. The number of ether oxygens (including phenoxy) is 1. The Labute approximate surface area is 81.3 Å². The van der Waals surface area contributed by atoms with Crippen molar-refractivity contribution in [3.05, 3.63) is 11.4 Å². The summed E-state index contributed by atoms with van der Waals surface area (Å²) in [6.45, 7) is 4.27. The number of carboxylic acids is 1. The molecular formula is C8H13N3O3. The molecule has 0 fully saturated rings. The molecule has 0 spiro atoms. The summed E-state index contributed by atoms with van der Waals surface area (Å²) >= 11 is 0. The van der Waals surface area contributed by atoms with Gasteiger partial charge in [-0.2, -0.15) is 10.3 Å². The summed E-state index contributed by atoms with van der Waals surface area (Å²) in [4.78, 5) is 10.7. The lowest BCUT2D eigenvalue weighted by Gasteiger charge is -2.11. The van der Waals surface area contributed by atoms with Crippen molar-refractivity contribution in [1.29, 1.82) is 0 Å². The van der Waals surface area contributed by atoms with Crippen LogP contribution in [0, 0.1) is 0 Å². The van der Waals surface area contributed by atoms with Gasteiger partial charge in [0.15, 0.2) is 5.69 Å². The average molecular weight is 199 g/mol. The lowest BCUT2D eigenvalue weighted by molar-refractivity contribution is 0.0527. The number of aromatic nitrogens is 3. The molecule has 0 bridgehead atoms. The van der Waals surface area contributed by atoms with E-state index >= 15 is 0 Å². The third-order valence-corrected chi connectivity index (χ3v) is 1.82. The maximum Gasteiger partial charge on any atom is 0.358 e. The second-order valence-corrected chi connectivity index (χ2v) is 2.71. The Kier molecular flexibility index (Phi) is 3.58. The minimum Gasteiger partial charge on any atom is -0.476 e. The fourth-order valence-corrected chi connectivity index (χ4v) is 1.21. The normalized spacial score (nSPS) is 12.7. The molecule has 2 N–H and O–H groups in total. The lowest BCUT2D eigenvalue weighted by atomic mass is 10.1. The van der Waals surface area contributed by atoms with Gasteiger partial charge < -0.3 is 9.84 Å². The molecule has 1 rings (SSSR count). The Morgan fingerprint density at radius 3 is 2.79 bits per heavy atom. The minimum atomic E-state index is -1.09. The quantitative estimate of drug-likeness (QED) is 0.738. The van der Waals surface area contributed by atoms with Crippen LogP contribution in [0.25, 0.3) is 0 Å². The second-order valence-electron chi connectivity index (χ2n) is 2.71. The van der Waals surface area contributed by atoms with E-state index in [4.69, 9.17) is 9.84 Å². The van der Waals surface area contributed by atoms with Crippen molar-refractivity contribution in [2.45, 2.75) is 26.4 Å². The van der Waals surface area contributed by atoms with E-state index in [1.807, 2.05) is 13.8 Å². The molecule has 0 aliphatic carbocycles. The Balaban J connectivity index is 2.91. The lowest BCUT2D eigenvalue weighted by Crippen LogP contribution is -2.09. The van der Waals surface area contributed by atoms with E-state index in [-0.39, 0.29) is 11.8 Å². The molecule has 0 saturated carbocycles. The molecule has 1 aromatic rings. The van der Waals surface area contributed by atoms with Gasteiger partial charge in [0.05, 0.1) is 0 Å². The van der Waals surface area contributed by atoms with Gasteiger partial charge in [0.2, 0.25) is 0 Å². The predicted molar refractivity (Wildman–Crippen MR) is 48.0 cm³/mol. The van der Waals surface area contributed by atoms with Gasteiger partial charge >= 0.3 is 5.97 Å². The number of nitrogens with zero attached hydrogens (tertiary/aromatic N) is 2. The number of H-pyrrole nitrogens is 1. The van der Waals surface area contributed by atoms with Crippen molar-refractivity contribution in [2.24, 2.45) is 0 Å². The zero-order valence-corrected chi connectivity index (χ0v) is 8.15. The summed E-state index contributed by atoms with van der Waals surface area (Å²) in [6.07, 6.45) is 0.366. The zero-order chi connectivity index (χ0) is 10.6. The van der Waals surface area contributed by atoms with Crippen LogP contribution >= 0.6 is 0 Å². The van der Waals surface area contributed by atoms with Crippen LogP contribution in [-0.4, -0.2) is 33.1 Å². The van der Waals surface area contributed by atoms with Gasteiger partial charge in [-0.05, 0) is 13.3 Å². The number of aromatic amines is 1. The van der Waals surface area contributed by atoms with Gasteiger partial charge in [0, 0.05) is 6.61 Å². The van der Waals surface area contributed by atoms with Crippen LogP contribution in [0.1, 0.15) is 42.6 Å². The second kappa shape index (κ2) is 4.71. The third-order valence-electron chi connectivity index (χ3n) is 1.82. The average Bonchev–Trinajstić information content (AvgIpc) is 2.62. The molecule has 1 unspecified atom stereocenters. The highest BCUT2D eigenvalue weighted by atomic mass is 16.5. The highest BCUT2D eigenvalue weighted by molar-refractivity contribution is 5.86. The minimum absolute atomic E-state index is 0.0645. The van der Waals surface area contributed by atoms with Gasteiger partial charge in [-0.3, -0.25) is 0 Å². The number of hydrogen-bond donors (Lipinski definition) is 2. The van der Waals surface area contributed by atoms with Gasteiger partial charge in [-0.25, -0.2) is 4.79 Å². The number of carbonyl (C=O) groups is 1. The van der Waals surface area contributed by atoms with Crippen molar-refractivity contribution in [3.63, 3.8) is 0 Å². The molecule has 1 atom stereocenters. The SMILES string of the molecule is CCOC(CC)c1n[nH]nc1C(=O)O. The largest absolute Gasteiger partial charge is 0.476 e. The summed E-state index contributed by atoms with van der Waals surface area (Å²) in [5, 5.41) is 18.4. The van der Waals surface area contributed by atoms with Gasteiger partial charge in [0.25, 0.3) is 0 Å². The standard InChI is InChI=1S/C8H13N3O3/c1-3-5(14-4-2)6-7(8(12)13)10-11-9-6/h5H,3-4H2,1-2H3,(H,12,13)(H,9,10,11). The molecule has 6 nitrogen and oxygen atoms in total. The molecule has 0 amide bonds. The summed E-state index contributed by atoms with van der Waals surface area (Å²) in [6, 6.07) is 0. The van der Waals surface area contributed by atoms with Crippen LogP contribution in [0.15, 0.2) is 0 Å². The number of aromatic carboxylic acids is 1. The number of hydrogen-bond acceptors (Lipinski definition) is 4. The molecule has 0 saturated heterocycles. The topological polar surface area (TPSA) is 88.1 Å². The highest BCUT2D eigenvalue weighted by Crippen LogP contribution is 2.20. The summed E-state index contributed by atoms with van der Waals surface area (Å²) in [7, 11) is 0. The first-order valence-electron chi connectivity index (χ1n) is 4.46. The van der Waals surface area contributed by atoms with Crippen molar-refractivity contribution in [2.75, 3.05) is 6.61 Å². The van der Waals surface area contributed by atoms with Crippen LogP contribution in [0.3, 0.4) is 0 Å². The molecule has 0 aliphatic heterocycles. The smallest absolute Gasteiger partial charge is 0.358 e. The Bertz CT molecular complexity index is 311. The zero-order valence-electron chi connectivity index (χ0n) is 8.15. The van der Waals surface area contributed by atoms with Crippen molar-refractivity contribution in [1.82, 2.24) is 15.4 Å². The number of carboxylic acid groups (broad SMARTS) is 1. The van der Waals surface area contributed by atoms with E-state index in [9.17, 15) is 4.79 Å². The molecule has 0 aliphatic rings. The Morgan fingerprint density at radius 1 is 1.57 bits per heavy atom. The Hall–Kier alpha value is -1.43. The number of nitrogens with one attached hydrogen (secondary N) is 1. The fourth-order valence-electron chi connectivity index (χ4n) is 1.21. The van der Waals surface area contributed by atoms with E-state index in [1.54, 1.807) is 0 Å². The van der Waals surface area contributed by atoms with Crippen molar-refractivity contribution >= 4 is 5.97 Å². The Morgan fingerprint density at radius 2 is 2.29 bits per heavy atom. The first kappa shape index (κ1) is 10.6. The monoisotopic (exact) mass is 199 g/mol. The molecule has 78 valence electrons. The van der Waals surface area contributed by atoms with Crippen LogP contribution in [0.4, 0.5) is 0 Å². The first-order valence-corrected chi connectivity index (χ1v) is 4.46. The molecule has 1 aromatic heterocycles. The highest BCUT2D eigenvalue weighted by Gasteiger charge is 2.22. The molecular weight excluding hydrogens is 186 g/mol. The maximum atomic E-state index is 10.7. The molecule has 6 heteroatoms.